The molecule has 0 aliphatic heterocycles. The van der Waals surface area contributed by atoms with Gasteiger partial charge in [0.2, 0.25) is 0 Å². The van der Waals surface area contributed by atoms with Crippen molar-refractivity contribution in [3.05, 3.63) is 34.5 Å². The van der Waals surface area contributed by atoms with E-state index in [1.807, 2.05) is 17.4 Å². The minimum atomic E-state index is 0.185. The number of nitrogens with one attached hydrogen (secondary N) is 1. The Kier molecular flexibility index (Phi) is 4.75. The van der Waals surface area contributed by atoms with Crippen LogP contribution in [-0.2, 0) is 0 Å². The fourth-order valence-corrected chi connectivity index (χ4v) is 2.71. The molecule has 16 heavy (non-hydrogen) atoms. The Hall–Kier alpha value is -0.600. The Morgan fingerprint density at radius 3 is 2.69 bits per heavy atom. The van der Waals surface area contributed by atoms with Crippen LogP contribution in [0.5, 0.6) is 0 Å². The third-order valence-corrected chi connectivity index (χ3v) is 4.20. The van der Waals surface area contributed by atoms with E-state index in [9.17, 15) is 0 Å². The molecule has 1 unspecified atom stereocenters. The summed E-state index contributed by atoms with van der Waals surface area (Å²) in [4.78, 5) is 1.45. The molecule has 1 heterocycles. The largest absolute Gasteiger partial charge is 0.304 e. The van der Waals surface area contributed by atoms with Gasteiger partial charge in [-0.15, -0.1) is 17.9 Å². The number of hydrogen-bond donors (Lipinski definition) is 1. The van der Waals surface area contributed by atoms with E-state index in [0.717, 1.165) is 12.8 Å². The van der Waals surface area contributed by atoms with Crippen LogP contribution in [-0.4, -0.2) is 5.54 Å². The van der Waals surface area contributed by atoms with Crippen molar-refractivity contribution in [1.29, 1.82) is 0 Å². The number of hydrogen-bond acceptors (Lipinski definition) is 2. The molecule has 1 aromatic rings. The highest BCUT2D eigenvalue weighted by atomic mass is 32.1. The zero-order chi connectivity index (χ0) is 12.2. The first-order valence-corrected chi connectivity index (χ1v) is 6.80. The lowest BCUT2D eigenvalue weighted by Crippen LogP contribution is -2.40. The molecule has 1 nitrogen and oxygen atoms in total. The van der Waals surface area contributed by atoms with Gasteiger partial charge >= 0.3 is 0 Å². The Bertz CT molecular complexity index is 338. The second kappa shape index (κ2) is 5.65. The van der Waals surface area contributed by atoms with Gasteiger partial charge in [0, 0.05) is 16.5 Å². The molecule has 0 spiro atoms. The van der Waals surface area contributed by atoms with Gasteiger partial charge in [0.05, 0.1) is 0 Å². The third-order valence-electron chi connectivity index (χ3n) is 3.07. The lowest BCUT2D eigenvalue weighted by atomic mass is 9.98. The first kappa shape index (κ1) is 13.5. The van der Waals surface area contributed by atoms with Crippen LogP contribution in [0.2, 0.25) is 0 Å². The van der Waals surface area contributed by atoms with Crippen LogP contribution in [0.3, 0.4) is 0 Å². The Morgan fingerprint density at radius 1 is 1.56 bits per heavy atom. The van der Waals surface area contributed by atoms with Crippen LogP contribution in [0.1, 0.15) is 50.1 Å². The van der Waals surface area contributed by atoms with E-state index in [1.54, 1.807) is 0 Å². The summed E-state index contributed by atoms with van der Waals surface area (Å²) < 4.78 is 0. The second-order valence-corrected chi connectivity index (χ2v) is 5.87. The fourth-order valence-electron chi connectivity index (χ4n) is 1.71. The molecule has 90 valence electrons. The van der Waals surface area contributed by atoms with Gasteiger partial charge in [0.15, 0.2) is 0 Å². The number of rotatable bonds is 6. The monoisotopic (exact) mass is 237 g/mol. The molecule has 0 aromatic carbocycles. The maximum Gasteiger partial charge on any atom is 0.0456 e. The van der Waals surface area contributed by atoms with E-state index in [4.69, 9.17) is 0 Å². The van der Waals surface area contributed by atoms with Crippen molar-refractivity contribution in [2.75, 3.05) is 0 Å². The molecule has 2 heteroatoms. The summed E-state index contributed by atoms with van der Waals surface area (Å²) in [5.74, 6) is 0. The molecule has 0 radical (unpaired) electrons. The van der Waals surface area contributed by atoms with Crippen molar-refractivity contribution >= 4 is 11.3 Å². The van der Waals surface area contributed by atoms with Crippen molar-refractivity contribution in [2.24, 2.45) is 0 Å². The lowest BCUT2D eigenvalue weighted by Gasteiger charge is -2.30. The smallest absolute Gasteiger partial charge is 0.0456 e. The van der Waals surface area contributed by atoms with Gasteiger partial charge < -0.3 is 5.32 Å². The molecule has 1 atom stereocenters. The third kappa shape index (κ3) is 3.46. The summed E-state index contributed by atoms with van der Waals surface area (Å²) in [5, 5.41) is 5.89. The zero-order valence-electron chi connectivity index (χ0n) is 10.8. The van der Waals surface area contributed by atoms with Gasteiger partial charge in [-0.25, -0.2) is 0 Å². The quantitative estimate of drug-likeness (QED) is 0.721. The minimum absolute atomic E-state index is 0.185. The van der Waals surface area contributed by atoms with Crippen LogP contribution < -0.4 is 5.32 Å². The van der Waals surface area contributed by atoms with E-state index >= 15 is 0 Å². The van der Waals surface area contributed by atoms with Gasteiger partial charge in [0.1, 0.15) is 0 Å². The standard InChI is InChI=1S/C14H23NS/c1-6-8-12(15-14(4,5)7-2)13-11(3)9-10-16-13/h6,9-10,12,15H,1,7-8H2,2-5H3. The van der Waals surface area contributed by atoms with Gasteiger partial charge in [-0.05, 0) is 50.6 Å². The van der Waals surface area contributed by atoms with Crippen molar-refractivity contribution in [1.82, 2.24) is 5.32 Å². The average Bonchev–Trinajstić information content (AvgIpc) is 2.64. The summed E-state index contributed by atoms with van der Waals surface area (Å²) in [5.41, 5.74) is 1.57. The summed E-state index contributed by atoms with van der Waals surface area (Å²) in [7, 11) is 0. The Morgan fingerprint density at radius 2 is 2.25 bits per heavy atom. The van der Waals surface area contributed by atoms with Gasteiger partial charge in [0.25, 0.3) is 0 Å². The van der Waals surface area contributed by atoms with E-state index in [2.05, 4.69) is 51.0 Å². The first-order chi connectivity index (χ1) is 7.50. The summed E-state index contributed by atoms with van der Waals surface area (Å²) in [6.45, 7) is 12.8. The van der Waals surface area contributed by atoms with E-state index < -0.39 is 0 Å². The molecular weight excluding hydrogens is 214 g/mol. The first-order valence-electron chi connectivity index (χ1n) is 5.92. The van der Waals surface area contributed by atoms with E-state index in [0.29, 0.717) is 6.04 Å². The summed E-state index contributed by atoms with van der Waals surface area (Å²) in [6, 6.07) is 2.60. The molecule has 0 saturated heterocycles. The van der Waals surface area contributed by atoms with Crippen LogP contribution >= 0.6 is 11.3 Å². The molecule has 0 fully saturated rings. The molecule has 0 saturated carbocycles. The van der Waals surface area contributed by atoms with E-state index in [1.165, 1.54) is 10.4 Å². The van der Waals surface area contributed by atoms with Gasteiger partial charge in [-0.3, -0.25) is 0 Å². The predicted molar refractivity (Wildman–Crippen MR) is 74.1 cm³/mol. The van der Waals surface area contributed by atoms with Crippen LogP contribution in [0.15, 0.2) is 24.1 Å². The average molecular weight is 237 g/mol. The Labute approximate surface area is 104 Å². The van der Waals surface area contributed by atoms with Crippen molar-refractivity contribution in [3.8, 4) is 0 Å². The summed E-state index contributed by atoms with van der Waals surface area (Å²) in [6.07, 6.45) is 4.12. The van der Waals surface area contributed by atoms with Gasteiger partial charge in [-0.2, -0.15) is 0 Å². The normalized spacial score (nSPS) is 13.8. The lowest BCUT2D eigenvalue weighted by molar-refractivity contribution is 0.329. The highest BCUT2D eigenvalue weighted by Crippen LogP contribution is 2.29. The minimum Gasteiger partial charge on any atom is -0.304 e. The number of aryl methyl sites for hydroxylation is 1. The van der Waals surface area contributed by atoms with Crippen molar-refractivity contribution < 1.29 is 0 Å². The van der Waals surface area contributed by atoms with Gasteiger partial charge in [-0.1, -0.05) is 13.0 Å². The van der Waals surface area contributed by atoms with Crippen LogP contribution in [0, 0.1) is 6.92 Å². The fraction of sp³-hybridized carbons (Fsp3) is 0.571. The van der Waals surface area contributed by atoms with E-state index in [-0.39, 0.29) is 5.54 Å². The topological polar surface area (TPSA) is 12.0 Å². The Balaban J connectivity index is 2.84. The zero-order valence-corrected chi connectivity index (χ0v) is 11.7. The van der Waals surface area contributed by atoms with Crippen LogP contribution in [0.4, 0.5) is 0 Å². The molecule has 0 bridgehead atoms. The molecule has 0 amide bonds. The maximum atomic E-state index is 3.86. The van der Waals surface area contributed by atoms with Crippen molar-refractivity contribution in [3.63, 3.8) is 0 Å². The second-order valence-electron chi connectivity index (χ2n) is 4.93. The molecule has 1 N–H and O–H groups in total. The molecular formula is C14H23NS. The molecule has 1 rings (SSSR count). The highest BCUT2D eigenvalue weighted by Gasteiger charge is 2.22. The maximum absolute atomic E-state index is 3.86. The number of thiophene rings is 1. The molecule has 0 aliphatic rings. The molecule has 0 aliphatic carbocycles. The predicted octanol–water partition coefficient (Wildman–Crippen LogP) is 4.45. The van der Waals surface area contributed by atoms with Crippen molar-refractivity contribution in [2.45, 2.75) is 52.1 Å². The summed E-state index contributed by atoms with van der Waals surface area (Å²) >= 11 is 1.84. The highest BCUT2D eigenvalue weighted by molar-refractivity contribution is 7.10. The SMILES string of the molecule is C=CCC(NC(C)(C)CC)c1sccc1C. The molecule has 1 aromatic heterocycles. The van der Waals surface area contributed by atoms with Crippen LogP contribution in [0.25, 0.3) is 0 Å².